The SMILES string of the molecule is c1ccc2c(c1)-c1ccccc1-c1ccc(-c3c4ccccc4c(-c4ccc5ccccc5c4)c4cc(-c5nccc6c5sc5ccccc56)ccc34)cc1-c1ccccc1-2. The first kappa shape index (κ1) is 34.2. The summed E-state index contributed by atoms with van der Waals surface area (Å²) in [5.74, 6) is 0. The van der Waals surface area contributed by atoms with Crippen LogP contribution in [-0.2, 0) is 0 Å². The Bertz CT molecular complexity index is 3770. The lowest BCUT2D eigenvalue weighted by Gasteiger charge is -2.24. The van der Waals surface area contributed by atoms with E-state index in [1.807, 2.05) is 17.5 Å². The van der Waals surface area contributed by atoms with Crippen LogP contribution in [0.1, 0.15) is 0 Å². The molecule has 12 aromatic rings. The van der Waals surface area contributed by atoms with Crippen LogP contribution < -0.4 is 0 Å². The molecule has 2 aromatic heterocycles. The van der Waals surface area contributed by atoms with Gasteiger partial charge < -0.3 is 0 Å². The van der Waals surface area contributed by atoms with Gasteiger partial charge in [-0.2, -0.15) is 0 Å². The highest BCUT2D eigenvalue weighted by atomic mass is 32.1. The molecule has 0 fully saturated rings. The van der Waals surface area contributed by atoms with Crippen molar-refractivity contribution in [3.63, 3.8) is 0 Å². The summed E-state index contributed by atoms with van der Waals surface area (Å²) in [7, 11) is 0. The first-order valence-corrected chi connectivity index (χ1v) is 21.8. The molecule has 1 aliphatic carbocycles. The number of thiophene rings is 1. The maximum absolute atomic E-state index is 5.10. The fraction of sp³-hybridized carbons (Fsp3) is 0. The van der Waals surface area contributed by atoms with E-state index in [0.29, 0.717) is 0 Å². The van der Waals surface area contributed by atoms with Crippen molar-refractivity contribution in [3.05, 3.63) is 212 Å². The average Bonchev–Trinajstić information content (AvgIpc) is 3.71. The second-order valence-corrected chi connectivity index (χ2v) is 17.2. The van der Waals surface area contributed by atoms with E-state index in [1.54, 1.807) is 0 Å². The van der Waals surface area contributed by atoms with Crippen molar-refractivity contribution in [2.24, 2.45) is 0 Å². The standard InChI is InChI=1S/C59H35NS/c1-2-14-37-33-38(26-25-36(37)13-1)57-50-23-10-9-22-49(50)56(51-30-28-40(35-54(51)57)58-59-52(31-32-60-58)48-21-11-12-24-55(48)61-59)39-27-29-47-45-19-6-5-17-43(45)41-15-3-4-16-42(41)44-18-7-8-20-46(44)53(47)34-39/h1-35H. The lowest BCUT2D eigenvalue weighted by Crippen LogP contribution is -1.98. The minimum atomic E-state index is 1.02. The van der Waals surface area contributed by atoms with Crippen molar-refractivity contribution in [1.29, 1.82) is 0 Å². The summed E-state index contributed by atoms with van der Waals surface area (Å²) in [6.07, 6.45) is 1.98. The second-order valence-electron chi connectivity index (χ2n) is 16.1. The number of rotatable bonds is 3. The van der Waals surface area contributed by atoms with Gasteiger partial charge in [0.05, 0.1) is 10.4 Å². The monoisotopic (exact) mass is 789 g/mol. The van der Waals surface area contributed by atoms with Crippen molar-refractivity contribution in [2.75, 3.05) is 0 Å². The molecule has 0 atom stereocenters. The summed E-state index contributed by atoms with van der Waals surface area (Å²) in [6.45, 7) is 0. The molecule has 10 aromatic carbocycles. The highest BCUT2D eigenvalue weighted by molar-refractivity contribution is 7.26. The summed E-state index contributed by atoms with van der Waals surface area (Å²) >= 11 is 1.83. The van der Waals surface area contributed by atoms with Gasteiger partial charge in [-0.25, -0.2) is 0 Å². The van der Waals surface area contributed by atoms with E-state index >= 15 is 0 Å². The Hall–Kier alpha value is -7.65. The van der Waals surface area contributed by atoms with Crippen molar-refractivity contribution < 1.29 is 0 Å². The summed E-state index contributed by atoms with van der Waals surface area (Å²) in [5.41, 5.74) is 17.0. The zero-order valence-corrected chi connectivity index (χ0v) is 33.9. The van der Waals surface area contributed by atoms with Crippen LogP contribution in [0.4, 0.5) is 0 Å². The first-order chi connectivity index (χ1) is 30.3. The van der Waals surface area contributed by atoms with Crippen molar-refractivity contribution in [3.8, 4) is 78.0 Å². The molecule has 0 unspecified atom stereocenters. The predicted octanol–water partition coefficient (Wildman–Crippen LogP) is 16.9. The molecule has 13 rings (SSSR count). The Balaban J connectivity index is 1.12. The van der Waals surface area contributed by atoms with Gasteiger partial charge in [0, 0.05) is 27.2 Å². The van der Waals surface area contributed by atoms with Crippen LogP contribution in [0.15, 0.2) is 212 Å². The third-order valence-electron chi connectivity index (χ3n) is 12.9. The molecule has 2 heteroatoms. The van der Waals surface area contributed by atoms with Crippen LogP contribution in [0.25, 0.3) is 131 Å². The summed E-state index contributed by atoms with van der Waals surface area (Å²) in [6, 6.07) is 76.5. The van der Waals surface area contributed by atoms with Gasteiger partial charge in [0.15, 0.2) is 0 Å². The summed E-state index contributed by atoms with van der Waals surface area (Å²) < 4.78 is 2.50. The zero-order chi connectivity index (χ0) is 40.0. The number of benzene rings is 10. The maximum Gasteiger partial charge on any atom is 0.0880 e. The van der Waals surface area contributed by atoms with Crippen molar-refractivity contribution in [1.82, 2.24) is 4.98 Å². The molecule has 1 nitrogen and oxygen atoms in total. The second kappa shape index (κ2) is 13.4. The average molecular weight is 790 g/mol. The number of hydrogen-bond donors (Lipinski definition) is 0. The first-order valence-electron chi connectivity index (χ1n) is 20.9. The van der Waals surface area contributed by atoms with Crippen molar-refractivity contribution >= 4 is 63.8 Å². The van der Waals surface area contributed by atoms with Gasteiger partial charge in [0.25, 0.3) is 0 Å². The van der Waals surface area contributed by atoms with Gasteiger partial charge in [-0.1, -0.05) is 176 Å². The predicted molar refractivity (Wildman–Crippen MR) is 261 cm³/mol. The summed E-state index contributed by atoms with van der Waals surface area (Å²) in [4.78, 5) is 5.10. The lowest BCUT2D eigenvalue weighted by molar-refractivity contribution is 1.37. The molecule has 0 saturated carbocycles. The molecular weight excluding hydrogens is 755 g/mol. The van der Waals surface area contributed by atoms with Gasteiger partial charge in [0.2, 0.25) is 0 Å². The Morgan fingerprint density at radius 1 is 0.295 bits per heavy atom. The third kappa shape index (κ3) is 5.23. The molecule has 0 N–H and O–H groups in total. The highest BCUT2D eigenvalue weighted by Crippen LogP contribution is 2.51. The Kier molecular flexibility index (Phi) is 7.54. The number of pyridine rings is 1. The minimum Gasteiger partial charge on any atom is -0.255 e. The fourth-order valence-electron chi connectivity index (χ4n) is 10.2. The van der Waals surface area contributed by atoms with E-state index in [1.165, 1.54) is 119 Å². The van der Waals surface area contributed by atoms with Crippen LogP contribution in [0.5, 0.6) is 0 Å². The maximum atomic E-state index is 5.10. The Morgan fingerprint density at radius 3 is 1.48 bits per heavy atom. The van der Waals surface area contributed by atoms with E-state index in [-0.39, 0.29) is 0 Å². The van der Waals surface area contributed by atoms with Gasteiger partial charge in [0.1, 0.15) is 0 Å². The summed E-state index contributed by atoms with van der Waals surface area (Å²) in [5, 5.41) is 9.91. The van der Waals surface area contributed by atoms with Crippen LogP contribution in [-0.4, -0.2) is 4.98 Å². The molecule has 0 amide bonds. The number of hydrogen-bond acceptors (Lipinski definition) is 2. The number of aromatic nitrogens is 1. The highest BCUT2D eigenvalue weighted by Gasteiger charge is 2.24. The number of fused-ring (bicyclic) bond motifs is 14. The molecule has 61 heavy (non-hydrogen) atoms. The molecule has 282 valence electrons. The molecule has 2 heterocycles. The van der Waals surface area contributed by atoms with E-state index in [4.69, 9.17) is 4.98 Å². The smallest absolute Gasteiger partial charge is 0.0880 e. The quantitative estimate of drug-likeness (QED) is 0.163. The van der Waals surface area contributed by atoms with E-state index in [9.17, 15) is 0 Å². The van der Waals surface area contributed by atoms with Crippen LogP contribution >= 0.6 is 11.3 Å². The van der Waals surface area contributed by atoms with E-state index < -0.39 is 0 Å². The lowest BCUT2D eigenvalue weighted by atomic mass is 9.79. The largest absolute Gasteiger partial charge is 0.255 e. The molecule has 0 spiro atoms. The minimum absolute atomic E-state index is 1.02. The van der Waals surface area contributed by atoms with Gasteiger partial charge >= 0.3 is 0 Å². The van der Waals surface area contributed by atoms with E-state index in [0.717, 1.165) is 11.3 Å². The molecular formula is C59H35NS. The Labute approximate surface area is 357 Å². The van der Waals surface area contributed by atoms with E-state index in [2.05, 4.69) is 206 Å². The van der Waals surface area contributed by atoms with Crippen molar-refractivity contribution in [2.45, 2.75) is 0 Å². The van der Waals surface area contributed by atoms with Gasteiger partial charge in [-0.3, -0.25) is 4.98 Å². The van der Waals surface area contributed by atoms with Gasteiger partial charge in [-0.15, -0.1) is 11.3 Å². The normalized spacial score (nSPS) is 11.9. The topological polar surface area (TPSA) is 12.9 Å². The number of nitrogens with zero attached hydrogens (tertiary/aromatic N) is 1. The molecule has 1 aliphatic rings. The van der Waals surface area contributed by atoms with Crippen LogP contribution in [0.2, 0.25) is 0 Å². The molecule has 0 saturated heterocycles. The van der Waals surface area contributed by atoms with Crippen LogP contribution in [0.3, 0.4) is 0 Å². The Morgan fingerprint density at radius 2 is 0.787 bits per heavy atom. The van der Waals surface area contributed by atoms with Crippen LogP contribution in [0, 0.1) is 0 Å². The third-order valence-corrected chi connectivity index (χ3v) is 14.1. The zero-order valence-electron chi connectivity index (χ0n) is 33.1. The molecule has 0 radical (unpaired) electrons. The van der Waals surface area contributed by atoms with Gasteiger partial charge in [-0.05, 0) is 129 Å². The molecule has 0 aliphatic heterocycles. The molecule has 0 bridgehead atoms. The fourth-order valence-corrected chi connectivity index (χ4v) is 11.4.